The van der Waals surface area contributed by atoms with Crippen molar-refractivity contribution in [3.63, 3.8) is 0 Å². The van der Waals surface area contributed by atoms with Crippen LogP contribution >= 0.6 is 0 Å². The van der Waals surface area contributed by atoms with Gasteiger partial charge in [0.25, 0.3) is 0 Å². The van der Waals surface area contributed by atoms with Crippen LogP contribution in [0.5, 0.6) is 0 Å². The van der Waals surface area contributed by atoms with E-state index in [1.807, 2.05) is 11.1 Å². The van der Waals surface area contributed by atoms with E-state index in [1.165, 1.54) is 11.8 Å². The average Bonchev–Trinajstić information content (AvgIpc) is 2.85. The van der Waals surface area contributed by atoms with E-state index in [9.17, 15) is 13.5 Å². The van der Waals surface area contributed by atoms with E-state index in [0.29, 0.717) is 43.0 Å². The molecule has 5 rings (SSSR count). The average molecular weight is 541 g/mol. The van der Waals surface area contributed by atoms with Crippen LogP contribution < -0.4 is 15.1 Å². The summed E-state index contributed by atoms with van der Waals surface area (Å²) in [6.07, 6.45) is 4.83. The Kier molecular flexibility index (Phi) is 7.43. The molecule has 0 aliphatic carbocycles. The van der Waals surface area contributed by atoms with Crippen LogP contribution in [0.2, 0.25) is 0 Å². The quantitative estimate of drug-likeness (QED) is 0.441. The minimum atomic E-state index is -2.98. The lowest BCUT2D eigenvalue weighted by Crippen LogP contribution is -2.49. The van der Waals surface area contributed by atoms with Crippen LogP contribution in [-0.4, -0.2) is 86.0 Å². The maximum atomic E-state index is 11.7. The molecule has 2 aliphatic heterocycles. The summed E-state index contributed by atoms with van der Waals surface area (Å²) in [5.41, 5.74) is 2.30. The van der Waals surface area contributed by atoms with Crippen LogP contribution in [0.3, 0.4) is 0 Å². The molecule has 0 amide bonds. The first-order valence-electron chi connectivity index (χ1n) is 13.0. The summed E-state index contributed by atoms with van der Waals surface area (Å²) in [6.45, 7) is 6.91. The molecule has 2 atom stereocenters. The van der Waals surface area contributed by atoms with Crippen molar-refractivity contribution in [1.82, 2.24) is 15.0 Å². The van der Waals surface area contributed by atoms with Gasteiger partial charge in [-0.15, -0.1) is 0 Å². The summed E-state index contributed by atoms with van der Waals surface area (Å²) in [7, 11) is -1.36. The first-order chi connectivity index (χ1) is 18.1. The number of piperidine rings is 1. The van der Waals surface area contributed by atoms with E-state index in [4.69, 9.17) is 9.72 Å². The largest absolute Gasteiger partial charge is 0.389 e. The molecule has 2 aromatic heterocycles. The molecule has 2 fully saturated rings. The van der Waals surface area contributed by atoms with Crippen molar-refractivity contribution >= 4 is 43.9 Å². The fourth-order valence-electron chi connectivity index (χ4n) is 5.46. The Morgan fingerprint density at radius 2 is 1.89 bits per heavy atom. The first-order valence-corrected chi connectivity index (χ1v) is 15.1. The van der Waals surface area contributed by atoms with Gasteiger partial charge in [0.1, 0.15) is 21.5 Å². The van der Waals surface area contributed by atoms with Gasteiger partial charge in [0.05, 0.1) is 18.0 Å². The molecule has 0 spiro atoms. The summed E-state index contributed by atoms with van der Waals surface area (Å²) in [6, 6.07) is 8.14. The molecule has 10 nitrogen and oxygen atoms in total. The zero-order valence-corrected chi connectivity index (χ0v) is 23.1. The molecule has 1 aromatic carbocycles. The summed E-state index contributed by atoms with van der Waals surface area (Å²) < 4.78 is 28.7. The van der Waals surface area contributed by atoms with Crippen molar-refractivity contribution < 1.29 is 18.3 Å². The summed E-state index contributed by atoms with van der Waals surface area (Å²) in [5, 5.41) is 15.8. The smallest absolute Gasteiger partial charge is 0.227 e. The number of hydrogen-bond acceptors (Lipinski definition) is 10. The predicted molar refractivity (Wildman–Crippen MR) is 150 cm³/mol. The van der Waals surface area contributed by atoms with Crippen LogP contribution in [0.4, 0.5) is 23.3 Å². The van der Waals surface area contributed by atoms with Gasteiger partial charge in [-0.05, 0) is 41.5 Å². The number of nitrogens with zero attached hydrogens (tertiary/aromatic N) is 5. The summed E-state index contributed by atoms with van der Waals surface area (Å²) in [4.78, 5) is 18.0. The number of sulfone groups is 1. The minimum Gasteiger partial charge on any atom is -0.389 e. The van der Waals surface area contributed by atoms with Gasteiger partial charge in [0.2, 0.25) is 5.95 Å². The fourth-order valence-corrected chi connectivity index (χ4v) is 6.53. The number of aliphatic hydroxyl groups excluding tert-OH is 1. The number of fused-ring (bicyclic) bond motifs is 1. The third-order valence-electron chi connectivity index (χ3n) is 7.37. The van der Waals surface area contributed by atoms with Crippen LogP contribution in [0.25, 0.3) is 10.8 Å². The lowest BCUT2D eigenvalue weighted by molar-refractivity contribution is -0.0219. The van der Waals surface area contributed by atoms with E-state index >= 15 is 0 Å². The number of nitrogens with one attached hydrogen (secondary N) is 1. The Labute approximate surface area is 224 Å². The van der Waals surface area contributed by atoms with Gasteiger partial charge in [-0.3, -0.25) is 0 Å². The number of hydrogen-bond donors (Lipinski definition) is 2. The molecule has 2 aliphatic rings. The highest BCUT2D eigenvalue weighted by atomic mass is 32.2. The number of aliphatic hydroxyl groups is 1. The predicted octanol–water partition coefficient (Wildman–Crippen LogP) is 2.96. The molecule has 11 heteroatoms. The van der Waals surface area contributed by atoms with Crippen molar-refractivity contribution in [3.05, 3.63) is 42.2 Å². The van der Waals surface area contributed by atoms with Crippen molar-refractivity contribution in [3.8, 4) is 0 Å². The van der Waals surface area contributed by atoms with E-state index < -0.39 is 15.9 Å². The number of anilines is 4. The molecular formula is C27H36N6O4S. The van der Waals surface area contributed by atoms with E-state index in [0.717, 1.165) is 29.5 Å². The number of benzene rings is 1. The van der Waals surface area contributed by atoms with Gasteiger partial charge in [-0.1, -0.05) is 19.9 Å². The van der Waals surface area contributed by atoms with Gasteiger partial charge in [-0.25, -0.2) is 18.4 Å². The highest BCUT2D eigenvalue weighted by molar-refractivity contribution is 7.90. The lowest BCUT2D eigenvalue weighted by atomic mass is 9.93. The summed E-state index contributed by atoms with van der Waals surface area (Å²) in [5.74, 6) is 2.56. The number of β-amino-alcohol motifs (C(OH)–C–C–N with tert-alkyl or cyclic N) is 1. The van der Waals surface area contributed by atoms with Crippen molar-refractivity contribution in [2.24, 2.45) is 5.92 Å². The standard InChI is InChI=1S/C27H36N6O4S/c1-17(2)19-5-6-22(33-13-18(14-33)16-38(4,35)36)21-12-29-26(11-20(19)21)30-25-7-9-28-27(31-25)32-10-8-24(37-3)23(34)15-32/h5-7,9,11-12,17-18,23-24,34H,8,10,13-16H2,1-4H3,(H,28,29,30,31)/t23-,24-/m1/s1. The molecule has 0 saturated carbocycles. The SMILES string of the molecule is CO[C@@H]1CCN(c2nccc(Nc3cc4c(C(C)C)ccc(N5CC(CS(C)(=O)=O)C5)c4cn3)n2)C[C@H]1O. The molecule has 2 N–H and O–H groups in total. The van der Waals surface area contributed by atoms with Crippen molar-refractivity contribution in [1.29, 1.82) is 0 Å². The van der Waals surface area contributed by atoms with E-state index in [1.54, 1.807) is 19.4 Å². The topological polar surface area (TPSA) is 121 Å². The van der Waals surface area contributed by atoms with E-state index in [2.05, 4.69) is 52.2 Å². The molecule has 0 bridgehead atoms. The molecule has 4 heterocycles. The van der Waals surface area contributed by atoms with Crippen LogP contribution in [0, 0.1) is 5.92 Å². The van der Waals surface area contributed by atoms with Gasteiger partial charge in [-0.2, -0.15) is 4.98 Å². The highest BCUT2D eigenvalue weighted by Gasteiger charge is 2.31. The zero-order valence-electron chi connectivity index (χ0n) is 22.3. The zero-order chi connectivity index (χ0) is 27.0. The maximum absolute atomic E-state index is 11.7. The fraction of sp³-hybridized carbons (Fsp3) is 0.519. The number of methoxy groups -OCH3 is 1. The normalized spacial score (nSPS) is 20.7. The Balaban J connectivity index is 1.37. The molecule has 204 valence electrons. The van der Waals surface area contributed by atoms with Crippen LogP contribution in [0.1, 0.15) is 31.7 Å². The van der Waals surface area contributed by atoms with Gasteiger partial charge >= 0.3 is 0 Å². The molecule has 38 heavy (non-hydrogen) atoms. The second-order valence-electron chi connectivity index (χ2n) is 10.8. The van der Waals surface area contributed by atoms with Crippen molar-refractivity contribution in [2.45, 2.75) is 38.4 Å². The van der Waals surface area contributed by atoms with Crippen molar-refractivity contribution in [2.75, 3.05) is 60.4 Å². The maximum Gasteiger partial charge on any atom is 0.227 e. The molecule has 0 radical (unpaired) electrons. The molecule has 3 aromatic rings. The van der Waals surface area contributed by atoms with Crippen LogP contribution in [0.15, 0.2) is 36.7 Å². The first kappa shape index (κ1) is 26.6. The Morgan fingerprint density at radius 3 is 2.58 bits per heavy atom. The number of rotatable bonds is 8. The monoisotopic (exact) mass is 540 g/mol. The highest BCUT2D eigenvalue weighted by Crippen LogP contribution is 2.37. The molecule has 0 unspecified atom stereocenters. The molecule has 2 saturated heterocycles. The number of ether oxygens (including phenoxy) is 1. The number of aromatic nitrogens is 3. The second kappa shape index (κ2) is 10.6. The third kappa shape index (κ3) is 5.69. The molecular weight excluding hydrogens is 504 g/mol. The Morgan fingerprint density at radius 1 is 1.11 bits per heavy atom. The number of pyridine rings is 1. The third-order valence-corrected chi connectivity index (χ3v) is 8.45. The van der Waals surface area contributed by atoms with Gasteiger partial charge in [0.15, 0.2) is 0 Å². The minimum absolute atomic E-state index is 0.159. The summed E-state index contributed by atoms with van der Waals surface area (Å²) >= 11 is 0. The van der Waals surface area contributed by atoms with Crippen LogP contribution in [-0.2, 0) is 14.6 Å². The van der Waals surface area contributed by atoms with E-state index in [-0.39, 0.29) is 17.8 Å². The van der Waals surface area contributed by atoms with Gasteiger partial charge < -0.3 is 25.0 Å². The Bertz CT molecular complexity index is 1410. The Hall–Kier alpha value is -3.02. The van der Waals surface area contributed by atoms with Gasteiger partial charge in [0, 0.05) is 68.9 Å². The lowest BCUT2D eigenvalue weighted by Gasteiger charge is -2.41. The second-order valence-corrected chi connectivity index (χ2v) is 12.9.